The van der Waals surface area contributed by atoms with Crippen LogP contribution in [0.5, 0.6) is 0 Å². The summed E-state index contributed by atoms with van der Waals surface area (Å²) in [7, 11) is 0. The first-order valence-electron chi connectivity index (χ1n) is 5.85. The molecule has 2 aromatic rings. The summed E-state index contributed by atoms with van der Waals surface area (Å²) in [5, 5.41) is 12.9. The van der Waals surface area contributed by atoms with Crippen molar-refractivity contribution >= 4 is 28.3 Å². The number of thiazole rings is 1. The van der Waals surface area contributed by atoms with Crippen molar-refractivity contribution in [3.8, 4) is 0 Å². The van der Waals surface area contributed by atoms with Gasteiger partial charge in [0.25, 0.3) is 0 Å². The van der Waals surface area contributed by atoms with E-state index < -0.39 is 12.0 Å². The third-order valence-corrected chi connectivity index (χ3v) is 3.35. The molecule has 104 valence electrons. The van der Waals surface area contributed by atoms with Crippen molar-refractivity contribution in [1.82, 2.24) is 4.98 Å². The van der Waals surface area contributed by atoms with E-state index in [2.05, 4.69) is 10.3 Å². The van der Waals surface area contributed by atoms with Crippen LogP contribution >= 0.6 is 11.3 Å². The molecule has 2 rings (SSSR count). The molecule has 6 nitrogen and oxygen atoms in total. The van der Waals surface area contributed by atoms with E-state index in [9.17, 15) is 9.59 Å². The van der Waals surface area contributed by atoms with Gasteiger partial charge in [-0.3, -0.25) is 4.79 Å². The maximum absolute atomic E-state index is 11.9. The molecule has 4 N–H and O–H groups in total. The number of aromatic nitrogens is 1. The highest BCUT2D eigenvalue weighted by atomic mass is 32.1. The lowest BCUT2D eigenvalue weighted by Gasteiger charge is -2.10. The fraction of sp³-hybridized carbons (Fsp3) is 0.154. The fourth-order valence-corrected chi connectivity index (χ4v) is 2.28. The number of amides is 1. The molecule has 0 aliphatic carbocycles. The van der Waals surface area contributed by atoms with Crippen LogP contribution in [-0.4, -0.2) is 28.0 Å². The van der Waals surface area contributed by atoms with Crippen molar-refractivity contribution in [3.05, 3.63) is 47.0 Å². The molecule has 0 aliphatic heterocycles. The van der Waals surface area contributed by atoms with Crippen LogP contribution in [0.15, 0.2) is 35.7 Å². The zero-order chi connectivity index (χ0) is 14.5. The number of hydrogen-bond donors (Lipinski definition) is 3. The number of nitrogens with two attached hydrogens (primary N) is 1. The zero-order valence-corrected chi connectivity index (χ0v) is 11.3. The minimum atomic E-state index is -1.13. The van der Waals surface area contributed by atoms with E-state index in [0.29, 0.717) is 6.42 Å². The topological polar surface area (TPSA) is 105 Å². The van der Waals surface area contributed by atoms with Crippen LogP contribution in [0.2, 0.25) is 0 Å². The van der Waals surface area contributed by atoms with Crippen LogP contribution in [0.1, 0.15) is 16.1 Å². The molecule has 1 aromatic heterocycles. The first kappa shape index (κ1) is 14.2. The molecule has 0 saturated carbocycles. The molecule has 0 radical (unpaired) electrons. The average molecular weight is 291 g/mol. The van der Waals surface area contributed by atoms with Crippen LogP contribution < -0.4 is 11.1 Å². The Balaban J connectivity index is 1.95. The number of nitrogens with one attached hydrogen (secondary N) is 1. The van der Waals surface area contributed by atoms with Crippen molar-refractivity contribution in [2.75, 3.05) is 5.32 Å². The summed E-state index contributed by atoms with van der Waals surface area (Å²) < 4.78 is 0. The molecule has 1 aromatic carbocycles. The molecule has 0 aliphatic rings. The molecule has 1 atom stereocenters. The van der Waals surface area contributed by atoms with Gasteiger partial charge in [-0.2, -0.15) is 0 Å². The second kappa shape index (κ2) is 6.27. The van der Waals surface area contributed by atoms with Gasteiger partial charge in [0.15, 0.2) is 10.8 Å². The number of nitrogens with zero attached hydrogens (tertiary/aromatic N) is 1. The largest absolute Gasteiger partial charge is 0.476 e. The second-order valence-corrected chi connectivity index (χ2v) is 4.99. The van der Waals surface area contributed by atoms with Gasteiger partial charge in [0, 0.05) is 5.38 Å². The van der Waals surface area contributed by atoms with Crippen molar-refractivity contribution in [2.24, 2.45) is 5.73 Å². The molecule has 0 fully saturated rings. The smallest absolute Gasteiger partial charge is 0.355 e. The molecular formula is C13H13N3O3S. The Kier molecular flexibility index (Phi) is 4.44. The standard InChI is InChI=1S/C13H13N3O3S/c14-9(6-8-4-2-1-3-5-8)11(17)16-13-15-10(7-20-13)12(18)19/h1-5,7,9H,6,14H2,(H,18,19)(H,15,16,17)/t9-/m1/s1. The lowest BCUT2D eigenvalue weighted by atomic mass is 10.1. The Morgan fingerprint density at radius 1 is 1.35 bits per heavy atom. The summed E-state index contributed by atoms with van der Waals surface area (Å²) >= 11 is 1.05. The quantitative estimate of drug-likeness (QED) is 0.771. The van der Waals surface area contributed by atoms with Crippen LogP contribution in [-0.2, 0) is 11.2 Å². The molecule has 0 saturated heterocycles. The SMILES string of the molecule is N[C@H](Cc1ccccc1)C(=O)Nc1nc(C(=O)O)cs1. The fourth-order valence-electron chi connectivity index (χ4n) is 1.59. The van der Waals surface area contributed by atoms with E-state index in [1.807, 2.05) is 30.3 Å². The molecule has 7 heteroatoms. The van der Waals surface area contributed by atoms with Gasteiger partial charge in [-0.1, -0.05) is 30.3 Å². The molecule has 20 heavy (non-hydrogen) atoms. The first-order valence-corrected chi connectivity index (χ1v) is 6.73. The van der Waals surface area contributed by atoms with Gasteiger partial charge in [-0.15, -0.1) is 11.3 Å². The maximum Gasteiger partial charge on any atom is 0.355 e. The number of carbonyl (C=O) groups is 2. The number of aromatic carboxylic acids is 1. The molecule has 0 unspecified atom stereocenters. The number of hydrogen-bond acceptors (Lipinski definition) is 5. The summed E-state index contributed by atoms with van der Waals surface area (Å²) in [6.45, 7) is 0. The molecule has 0 spiro atoms. The van der Waals surface area contributed by atoms with Gasteiger partial charge in [0.05, 0.1) is 6.04 Å². The number of anilines is 1. The third-order valence-electron chi connectivity index (χ3n) is 2.59. The third kappa shape index (κ3) is 3.62. The Morgan fingerprint density at radius 3 is 2.65 bits per heavy atom. The summed E-state index contributed by atoms with van der Waals surface area (Å²) in [5.41, 5.74) is 6.68. The van der Waals surface area contributed by atoms with Gasteiger partial charge in [-0.25, -0.2) is 9.78 Å². The number of carboxylic acids is 1. The number of benzene rings is 1. The van der Waals surface area contributed by atoms with Crippen LogP contribution in [0.4, 0.5) is 5.13 Å². The van der Waals surface area contributed by atoms with Gasteiger partial charge in [0.2, 0.25) is 5.91 Å². The van der Waals surface area contributed by atoms with Gasteiger partial charge < -0.3 is 16.2 Å². The molecule has 1 amide bonds. The Hall–Kier alpha value is -2.25. The lowest BCUT2D eigenvalue weighted by Crippen LogP contribution is -2.37. The Bertz CT molecular complexity index is 612. The van der Waals surface area contributed by atoms with Crippen molar-refractivity contribution in [1.29, 1.82) is 0 Å². The summed E-state index contributed by atoms with van der Waals surface area (Å²) in [6, 6.07) is 8.70. The average Bonchev–Trinajstić information content (AvgIpc) is 2.88. The monoisotopic (exact) mass is 291 g/mol. The normalized spacial score (nSPS) is 11.8. The van der Waals surface area contributed by atoms with Gasteiger partial charge in [-0.05, 0) is 12.0 Å². The molecule has 0 bridgehead atoms. The number of carbonyl (C=O) groups excluding carboxylic acids is 1. The summed E-state index contributed by atoms with van der Waals surface area (Å²) in [6.07, 6.45) is 0.407. The minimum absolute atomic E-state index is 0.0954. The predicted octanol–water partition coefficient (Wildman–Crippen LogP) is 1.35. The predicted molar refractivity (Wildman–Crippen MR) is 75.8 cm³/mol. The maximum atomic E-state index is 11.9. The molecular weight excluding hydrogens is 278 g/mol. The molecule has 1 heterocycles. The second-order valence-electron chi connectivity index (χ2n) is 4.13. The van der Waals surface area contributed by atoms with Crippen molar-refractivity contribution < 1.29 is 14.7 Å². The van der Waals surface area contributed by atoms with Crippen molar-refractivity contribution in [2.45, 2.75) is 12.5 Å². The van der Waals surface area contributed by atoms with Gasteiger partial charge >= 0.3 is 5.97 Å². The Morgan fingerprint density at radius 2 is 2.05 bits per heavy atom. The zero-order valence-electron chi connectivity index (χ0n) is 10.4. The highest BCUT2D eigenvalue weighted by Gasteiger charge is 2.16. The highest BCUT2D eigenvalue weighted by molar-refractivity contribution is 7.14. The Labute approximate surface area is 119 Å². The van der Waals surface area contributed by atoms with Crippen LogP contribution in [0, 0.1) is 0 Å². The first-order chi connectivity index (χ1) is 9.56. The summed E-state index contributed by atoms with van der Waals surface area (Å²) in [4.78, 5) is 26.3. The highest BCUT2D eigenvalue weighted by Crippen LogP contribution is 2.15. The van der Waals surface area contributed by atoms with Crippen molar-refractivity contribution in [3.63, 3.8) is 0 Å². The minimum Gasteiger partial charge on any atom is -0.476 e. The summed E-state index contributed by atoms with van der Waals surface area (Å²) in [5.74, 6) is -1.52. The van der Waals surface area contributed by atoms with E-state index in [-0.39, 0.29) is 16.7 Å². The van der Waals surface area contributed by atoms with Gasteiger partial charge in [0.1, 0.15) is 0 Å². The van der Waals surface area contributed by atoms with E-state index >= 15 is 0 Å². The van der Waals surface area contributed by atoms with E-state index in [0.717, 1.165) is 16.9 Å². The lowest BCUT2D eigenvalue weighted by molar-refractivity contribution is -0.117. The van der Waals surface area contributed by atoms with Crippen LogP contribution in [0.25, 0.3) is 0 Å². The van der Waals surface area contributed by atoms with E-state index in [1.165, 1.54) is 5.38 Å². The number of rotatable bonds is 5. The number of carboxylic acid groups (broad SMARTS) is 1. The van der Waals surface area contributed by atoms with Crippen LogP contribution in [0.3, 0.4) is 0 Å². The van der Waals surface area contributed by atoms with E-state index in [4.69, 9.17) is 10.8 Å². The van der Waals surface area contributed by atoms with E-state index in [1.54, 1.807) is 0 Å².